The SMILES string of the molecule is COc1cc(C=C(C#N)C(=O)Nc2cc(C(F)(F)F)ccc2Cl)ccc1OC(=O)c1cccc2ccccc12. The van der Waals surface area contributed by atoms with E-state index in [0.29, 0.717) is 22.6 Å². The number of esters is 1. The van der Waals surface area contributed by atoms with Crippen LogP contribution in [0.4, 0.5) is 18.9 Å². The maximum absolute atomic E-state index is 13.0. The van der Waals surface area contributed by atoms with Crippen LogP contribution >= 0.6 is 11.6 Å². The van der Waals surface area contributed by atoms with Crippen molar-refractivity contribution >= 4 is 46.0 Å². The van der Waals surface area contributed by atoms with E-state index >= 15 is 0 Å². The Morgan fingerprint density at radius 3 is 2.44 bits per heavy atom. The summed E-state index contributed by atoms with van der Waals surface area (Å²) in [6, 6.07) is 21.1. The van der Waals surface area contributed by atoms with Crippen LogP contribution in [0.15, 0.2) is 84.4 Å². The smallest absolute Gasteiger partial charge is 0.416 e. The Morgan fingerprint density at radius 2 is 1.72 bits per heavy atom. The van der Waals surface area contributed by atoms with Crippen LogP contribution in [0.1, 0.15) is 21.5 Å². The highest BCUT2D eigenvalue weighted by molar-refractivity contribution is 6.34. The molecule has 0 heterocycles. The van der Waals surface area contributed by atoms with Gasteiger partial charge in [-0.15, -0.1) is 0 Å². The van der Waals surface area contributed by atoms with Crippen molar-refractivity contribution in [2.24, 2.45) is 0 Å². The van der Waals surface area contributed by atoms with Crippen molar-refractivity contribution < 1.29 is 32.2 Å². The number of carbonyl (C=O) groups excluding carboxylic acids is 2. The Balaban J connectivity index is 1.57. The molecule has 0 spiro atoms. The summed E-state index contributed by atoms with van der Waals surface area (Å²) in [7, 11) is 1.35. The van der Waals surface area contributed by atoms with Gasteiger partial charge in [0.25, 0.3) is 5.91 Å². The molecule has 4 aromatic carbocycles. The minimum absolute atomic E-state index is 0.103. The van der Waals surface area contributed by atoms with Gasteiger partial charge in [-0.25, -0.2) is 4.79 Å². The number of amides is 1. The second-order valence-corrected chi connectivity index (χ2v) is 8.55. The van der Waals surface area contributed by atoms with E-state index in [-0.39, 0.29) is 22.2 Å². The van der Waals surface area contributed by atoms with Gasteiger partial charge < -0.3 is 14.8 Å². The summed E-state index contributed by atoms with van der Waals surface area (Å²) in [6.45, 7) is 0. The van der Waals surface area contributed by atoms with Crippen molar-refractivity contribution in [1.82, 2.24) is 0 Å². The third-order valence-electron chi connectivity index (χ3n) is 5.62. The molecule has 196 valence electrons. The number of benzene rings is 4. The molecule has 0 aliphatic heterocycles. The maximum atomic E-state index is 13.0. The first-order chi connectivity index (χ1) is 18.6. The Morgan fingerprint density at radius 1 is 0.974 bits per heavy atom. The van der Waals surface area contributed by atoms with E-state index in [4.69, 9.17) is 21.1 Å². The van der Waals surface area contributed by atoms with Gasteiger partial charge >= 0.3 is 12.1 Å². The number of anilines is 1. The van der Waals surface area contributed by atoms with Crippen LogP contribution in [0, 0.1) is 11.3 Å². The quantitative estimate of drug-likeness (QED) is 0.118. The highest BCUT2D eigenvalue weighted by Gasteiger charge is 2.31. The standard InChI is InChI=1S/C29H18ClF3N2O4/c1-38-26-14-17(9-12-25(26)39-28(37)22-8-4-6-18-5-2-3-7-21(18)22)13-19(16-34)27(36)35-24-15-20(29(31,32)33)10-11-23(24)30/h2-15H,1H3,(H,35,36). The zero-order chi connectivity index (χ0) is 28.2. The number of carbonyl (C=O) groups is 2. The first-order valence-electron chi connectivity index (χ1n) is 11.3. The van der Waals surface area contributed by atoms with Gasteiger partial charge in [-0.1, -0.05) is 54.1 Å². The molecule has 0 aliphatic carbocycles. The fraction of sp³-hybridized carbons (Fsp3) is 0.0690. The highest BCUT2D eigenvalue weighted by Crippen LogP contribution is 2.34. The molecule has 0 saturated carbocycles. The number of methoxy groups -OCH3 is 1. The minimum Gasteiger partial charge on any atom is -0.493 e. The largest absolute Gasteiger partial charge is 0.493 e. The molecule has 6 nitrogen and oxygen atoms in total. The minimum atomic E-state index is -4.65. The molecule has 10 heteroatoms. The van der Waals surface area contributed by atoms with Gasteiger partial charge in [0.2, 0.25) is 0 Å². The maximum Gasteiger partial charge on any atom is 0.416 e. The zero-order valence-electron chi connectivity index (χ0n) is 20.2. The van der Waals surface area contributed by atoms with Crippen LogP contribution in [0.5, 0.6) is 11.5 Å². The van der Waals surface area contributed by atoms with Crippen LogP contribution in [0.2, 0.25) is 5.02 Å². The van der Waals surface area contributed by atoms with Crippen molar-refractivity contribution in [3.8, 4) is 17.6 Å². The number of hydrogen-bond acceptors (Lipinski definition) is 5. The number of fused-ring (bicyclic) bond motifs is 1. The van der Waals surface area contributed by atoms with E-state index in [0.717, 1.165) is 17.5 Å². The van der Waals surface area contributed by atoms with Gasteiger partial charge in [0.15, 0.2) is 11.5 Å². The molecule has 4 rings (SSSR count). The topological polar surface area (TPSA) is 88.4 Å². The molecule has 0 radical (unpaired) electrons. The summed E-state index contributed by atoms with van der Waals surface area (Å²) in [5, 5.41) is 13.2. The second kappa shape index (κ2) is 11.3. The average molecular weight is 551 g/mol. The van der Waals surface area contributed by atoms with E-state index in [2.05, 4.69) is 5.32 Å². The van der Waals surface area contributed by atoms with Crippen LogP contribution in [0.25, 0.3) is 16.8 Å². The molecular formula is C29H18ClF3N2O4. The lowest BCUT2D eigenvalue weighted by molar-refractivity contribution is -0.137. The molecule has 1 N–H and O–H groups in total. The third-order valence-corrected chi connectivity index (χ3v) is 5.95. The number of nitrogens with zero attached hydrogens (tertiary/aromatic N) is 1. The fourth-order valence-electron chi connectivity index (χ4n) is 3.72. The monoisotopic (exact) mass is 550 g/mol. The predicted octanol–water partition coefficient (Wildman–Crippen LogP) is 7.29. The van der Waals surface area contributed by atoms with Gasteiger partial charge in [-0.05, 0) is 58.8 Å². The lowest BCUT2D eigenvalue weighted by Crippen LogP contribution is -2.15. The predicted molar refractivity (Wildman–Crippen MR) is 141 cm³/mol. The van der Waals surface area contributed by atoms with Crippen LogP contribution < -0.4 is 14.8 Å². The number of nitriles is 1. The van der Waals surface area contributed by atoms with Crippen molar-refractivity contribution in [3.63, 3.8) is 0 Å². The molecule has 0 aliphatic rings. The molecule has 1 amide bonds. The van der Waals surface area contributed by atoms with E-state index in [9.17, 15) is 28.0 Å². The molecular weight excluding hydrogens is 533 g/mol. The number of hydrogen-bond donors (Lipinski definition) is 1. The molecule has 0 saturated heterocycles. The van der Waals surface area contributed by atoms with Crippen molar-refractivity contribution in [2.75, 3.05) is 12.4 Å². The molecule has 0 aromatic heterocycles. The van der Waals surface area contributed by atoms with Gasteiger partial charge in [-0.3, -0.25) is 4.79 Å². The molecule has 4 aromatic rings. The number of halogens is 4. The first kappa shape index (κ1) is 27.2. The molecule has 0 bridgehead atoms. The van der Waals surface area contributed by atoms with Crippen LogP contribution in [0.3, 0.4) is 0 Å². The van der Waals surface area contributed by atoms with Crippen molar-refractivity contribution in [1.29, 1.82) is 5.26 Å². The molecule has 0 fully saturated rings. The fourth-order valence-corrected chi connectivity index (χ4v) is 3.88. The summed E-state index contributed by atoms with van der Waals surface area (Å²) in [5.74, 6) is -1.32. The first-order valence-corrected chi connectivity index (χ1v) is 11.7. The number of alkyl halides is 3. The normalized spacial score (nSPS) is 11.5. The Labute approximate surface area is 225 Å². The average Bonchev–Trinajstić information content (AvgIpc) is 2.92. The Hall–Kier alpha value is -4.81. The highest BCUT2D eigenvalue weighted by atomic mass is 35.5. The van der Waals surface area contributed by atoms with Gasteiger partial charge in [0.05, 0.1) is 28.9 Å². The summed E-state index contributed by atoms with van der Waals surface area (Å²) >= 11 is 5.93. The van der Waals surface area contributed by atoms with Crippen molar-refractivity contribution in [2.45, 2.75) is 6.18 Å². The third kappa shape index (κ3) is 6.20. The number of ether oxygens (including phenoxy) is 2. The van der Waals surface area contributed by atoms with E-state index in [1.54, 1.807) is 24.3 Å². The zero-order valence-corrected chi connectivity index (χ0v) is 20.9. The lowest BCUT2D eigenvalue weighted by atomic mass is 10.0. The van der Waals surface area contributed by atoms with E-state index in [1.165, 1.54) is 31.4 Å². The summed E-state index contributed by atoms with van der Waals surface area (Å²) in [4.78, 5) is 25.6. The van der Waals surface area contributed by atoms with E-state index in [1.807, 2.05) is 24.3 Å². The number of nitrogens with one attached hydrogen (secondary N) is 1. The second-order valence-electron chi connectivity index (χ2n) is 8.14. The lowest BCUT2D eigenvalue weighted by Gasteiger charge is -2.12. The van der Waals surface area contributed by atoms with Gasteiger partial charge in [-0.2, -0.15) is 18.4 Å². The summed E-state index contributed by atoms with van der Waals surface area (Å²) in [5.41, 5.74) is -1.03. The Kier molecular flexibility index (Phi) is 7.88. The van der Waals surface area contributed by atoms with Gasteiger partial charge in [0.1, 0.15) is 11.6 Å². The summed E-state index contributed by atoms with van der Waals surface area (Å²) < 4.78 is 50.0. The molecule has 0 atom stereocenters. The van der Waals surface area contributed by atoms with Crippen molar-refractivity contribution in [3.05, 3.63) is 106 Å². The molecule has 0 unspecified atom stereocenters. The number of rotatable bonds is 6. The molecule has 39 heavy (non-hydrogen) atoms. The van der Waals surface area contributed by atoms with E-state index < -0.39 is 29.2 Å². The van der Waals surface area contributed by atoms with Crippen LogP contribution in [-0.2, 0) is 11.0 Å². The summed E-state index contributed by atoms with van der Waals surface area (Å²) in [6.07, 6.45) is -3.44. The Bertz CT molecular complexity index is 1650. The van der Waals surface area contributed by atoms with Gasteiger partial charge in [0, 0.05) is 0 Å². The van der Waals surface area contributed by atoms with Crippen LogP contribution in [-0.4, -0.2) is 19.0 Å².